The van der Waals surface area contributed by atoms with Crippen LogP contribution in [-0.4, -0.2) is 25.7 Å². The Morgan fingerprint density at radius 3 is 2.82 bits per heavy atom. The number of hydrogen-bond donors (Lipinski definition) is 2. The van der Waals surface area contributed by atoms with E-state index in [1.807, 2.05) is 25.1 Å². The second-order valence-electron chi connectivity index (χ2n) is 4.89. The Kier molecular flexibility index (Phi) is 3.36. The first-order valence-corrected chi connectivity index (χ1v) is 6.54. The molecule has 2 N–H and O–H groups in total. The second-order valence-corrected chi connectivity index (χ2v) is 4.89. The molecule has 0 unspecified atom stereocenters. The SMILES string of the molecule is Cc1cccc2[nH]c(NC(=O)c3cc(C(F)F)nn3C)nc12. The maximum atomic E-state index is 12.6. The third kappa shape index (κ3) is 2.43. The van der Waals surface area contributed by atoms with Crippen LogP contribution in [0.15, 0.2) is 24.3 Å². The Balaban J connectivity index is 1.88. The fourth-order valence-corrected chi connectivity index (χ4v) is 2.21. The number of nitrogens with one attached hydrogen (secondary N) is 2. The van der Waals surface area contributed by atoms with E-state index < -0.39 is 18.0 Å². The van der Waals surface area contributed by atoms with E-state index in [9.17, 15) is 13.6 Å². The van der Waals surface area contributed by atoms with E-state index in [4.69, 9.17) is 0 Å². The van der Waals surface area contributed by atoms with E-state index in [-0.39, 0.29) is 11.6 Å². The van der Waals surface area contributed by atoms with Crippen LogP contribution in [0.25, 0.3) is 11.0 Å². The molecule has 2 aromatic heterocycles. The van der Waals surface area contributed by atoms with Crippen LogP contribution in [0.4, 0.5) is 14.7 Å². The van der Waals surface area contributed by atoms with Crippen LogP contribution in [0.5, 0.6) is 0 Å². The van der Waals surface area contributed by atoms with Gasteiger partial charge in [-0.2, -0.15) is 5.10 Å². The van der Waals surface area contributed by atoms with Gasteiger partial charge in [-0.3, -0.25) is 14.8 Å². The molecule has 3 aromatic rings. The van der Waals surface area contributed by atoms with Gasteiger partial charge in [-0.05, 0) is 24.6 Å². The molecule has 2 heterocycles. The molecular weight excluding hydrogens is 292 g/mol. The number of para-hydroxylation sites is 1. The smallest absolute Gasteiger partial charge is 0.282 e. The molecule has 0 aliphatic carbocycles. The van der Waals surface area contributed by atoms with Crippen molar-refractivity contribution in [1.29, 1.82) is 0 Å². The molecule has 0 fully saturated rings. The number of carbonyl (C=O) groups excluding carboxylic acids is 1. The number of H-pyrrole nitrogens is 1. The van der Waals surface area contributed by atoms with Crippen molar-refractivity contribution >= 4 is 22.9 Å². The number of nitrogens with zero attached hydrogens (tertiary/aromatic N) is 3. The number of anilines is 1. The summed E-state index contributed by atoms with van der Waals surface area (Å²) in [7, 11) is 1.43. The van der Waals surface area contributed by atoms with Crippen LogP contribution in [0.1, 0.15) is 28.2 Å². The lowest BCUT2D eigenvalue weighted by molar-refractivity contribution is 0.101. The fourth-order valence-electron chi connectivity index (χ4n) is 2.21. The van der Waals surface area contributed by atoms with E-state index in [0.29, 0.717) is 0 Å². The van der Waals surface area contributed by atoms with Crippen LogP contribution < -0.4 is 5.32 Å². The molecule has 0 spiro atoms. The van der Waals surface area contributed by atoms with Gasteiger partial charge in [-0.1, -0.05) is 12.1 Å². The Hall–Kier alpha value is -2.77. The minimum Gasteiger partial charge on any atom is -0.324 e. The number of imidazole rings is 1. The summed E-state index contributed by atoms with van der Waals surface area (Å²) in [4.78, 5) is 19.4. The Morgan fingerprint density at radius 2 is 2.18 bits per heavy atom. The predicted octanol–water partition coefficient (Wildman–Crippen LogP) is 2.79. The summed E-state index contributed by atoms with van der Waals surface area (Å²) in [6.07, 6.45) is -2.72. The maximum Gasteiger partial charge on any atom is 0.282 e. The zero-order chi connectivity index (χ0) is 15.9. The molecule has 0 bridgehead atoms. The van der Waals surface area contributed by atoms with Crippen LogP contribution in [-0.2, 0) is 7.05 Å². The number of benzene rings is 1. The average molecular weight is 305 g/mol. The molecule has 22 heavy (non-hydrogen) atoms. The van der Waals surface area contributed by atoms with Crippen molar-refractivity contribution in [2.45, 2.75) is 13.3 Å². The third-order valence-electron chi connectivity index (χ3n) is 3.30. The van der Waals surface area contributed by atoms with Crippen LogP contribution in [0, 0.1) is 6.92 Å². The normalized spacial score (nSPS) is 11.3. The highest BCUT2D eigenvalue weighted by Gasteiger charge is 2.19. The minimum atomic E-state index is -2.72. The first-order valence-electron chi connectivity index (χ1n) is 6.54. The lowest BCUT2D eigenvalue weighted by Gasteiger charge is -2.01. The average Bonchev–Trinajstić information content (AvgIpc) is 3.03. The number of fused-ring (bicyclic) bond motifs is 1. The summed E-state index contributed by atoms with van der Waals surface area (Å²) in [5.74, 6) is -0.298. The van der Waals surface area contributed by atoms with E-state index in [1.165, 1.54) is 7.05 Å². The van der Waals surface area contributed by atoms with Gasteiger partial charge < -0.3 is 4.98 Å². The number of aryl methyl sites for hydroxylation is 2. The van der Waals surface area contributed by atoms with Crippen molar-refractivity contribution in [1.82, 2.24) is 19.7 Å². The largest absolute Gasteiger partial charge is 0.324 e. The molecule has 0 saturated heterocycles. The van der Waals surface area contributed by atoms with Gasteiger partial charge in [-0.25, -0.2) is 13.8 Å². The number of hydrogen-bond acceptors (Lipinski definition) is 3. The minimum absolute atomic E-state index is 0.0347. The highest BCUT2D eigenvalue weighted by molar-refractivity contribution is 6.02. The van der Waals surface area contributed by atoms with Gasteiger partial charge >= 0.3 is 0 Å². The Labute approximate surface area is 124 Å². The van der Waals surface area contributed by atoms with E-state index in [2.05, 4.69) is 20.4 Å². The molecule has 0 aliphatic rings. The summed E-state index contributed by atoms with van der Waals surface area (Å²) >= 11 is 0. The number of alkyl halides is 2. The number of amides is 1. The molecule has 1 amide bonds. The summed E-state index contributed by atoms with van der Waals surface area (Å²) in [6, 6.07) is 6.68. The van der Waals surface area contributed by atoms with Crippen molar-refractivity contribution < 1.29 is 13.6 Å². The molecule has 3 rings (SSSR count). The van der Waals surface area contributed by atoms with Gasteiger partial charge in [0.25, 0.3) is 12.3 Å². The molecule has 114 valence electrons. The van der Waals surface area contributed by atoms with Gasteiger partial charge in [0, 0.05) is 7.05 Å². The molecule has 6 nitrogen and oxygen atoms in total. The van der Waals surface area contributed by atoms with Crippen molar-refractivity contribution in [2.75, 3.05) is 5.32 Å². The highest BCUT2D eigenvalue weighted by atomic mass is 19.3. The molecule has 1 aromatic carbocycles. The lowest BCUT2D eigenvalue weighted by Crippen LogP contribution is -2.16. The van der Waals surface area contributed by atoms with Gasteiger partial charge in [0.05, 0.1) is 11.0 Å². The molecule has 0 radical (unpaired) electrons. The molecule has 0 aliphatic heterocycles. The quantitative estimate of drug-likeness (QED) is 0.781. The molecule has 0 atom stereocenters. The summed E-state index contributed by atoms with van der Waals surface area (Å²) in [5.41, 5.74) is 2.10. The topological polar surface area (TPSA) is 75.6 Å². The first kappa shape index (κ1) is 14.2. The first-order chi connectivity index (χ1) is 10.5. The van der Waals surface area contributed by atoms with Gasteiger partial charge in [0.15, 0.2) is 0 Å². The van der Waals surface area contributed by atoms with E-state index in [0.717, 1.165) is 27.3 Å². The fraction of sp³-hybridized carbons (Fsp3) is 0.214. The number of rotatable bonds is 3. The zero-order valence-electron chi connectivity index (χ0n) is 11.9. The zero-order valence-corrected chi connectivity index (χ0v) is 11.9. The number of halogens is 2. The molecule has 8 heteroatoms. The molecular formula is C14H13F2N5O. The van der Waals surface area contributed by atoms with Crippen molar-refractivity contribution in [3.63, 3.8) is 0 Å². The number of aromatic amines is 1. The van der Waals surface area contributed by atoms with Crippen LogP contribution in [0.3, 0.4) is 0 Å². The standard InChI is InChI=1S/C14H13F2N5O/c1-7-4-3-5-8-11(7)18-14(17-8)19-13(22)10-6-9(12(15)16)20-21(10)2/h3-6,12H,1-2H3,(H2,17,18,19,22). The Bertz CT molecular complexity index is 852. The summed E-state index contributed by atoms with van der Waals surface area (Å²) in [5, 5.41) is 6.16. The molecule has 0 saturated carbocycles. The second kappa shape index (κ2) is 5.21. The highest BCUT2D eigenvalue weighted by Crippen LogP contribution is 2.20. The summed E-state index contributed by atoms with van der Waals surface area (Å²) < 4.78 is 26.3. The van der Waals surface area contributed by atoms with Crippen LogP contribution in [0.2, 0.25) is 0 Å². The van der Waals surface area contributed by atoms with Crippen LogP contribution >= 0.6 is 0 Å². The van der Waals surface area contributed by atoms with Gasteiger partial charge in [-0.15, -0.1) is 0 Å². The van der Waals surface area contributed by atoms with Gasteiger partial charge in [0.2, 0.25) is 5.95 Å². The maximum absolute atomic E-state index is 12.6. The number of aromatic nitrogens is 4. The van der Waals surface area contributed by atoms with Crippen molar-refractivity contribution in [3.8, 4) is 0 Å². The van der Waals surface area contributed by atoms with E-state index in [1.54, 1.807) is 0 Å². The monoisotopic (exact) mass is 305 g/mol. The van der Waals surface area contributed by atoms with Crippen molar-refractivity contribution in [3.05, 3.63) is 41.2 Å². The summed E-state index contributed by atoms with van der Waals surface area (Å²) in [6.45, 7) is 1.91. The van der Waals surface area contributed by atoms with Crippen molar-refractivity contribution in [2.24, 2.45) is 7.05 Å². The Morgan fingerprint density at radius 1 is 1.41 bits per heavy atom. The third-order valence-corrected chi connectivity index (χ3v) is 3.30. The van der Waals surface area contributed by atoms with Gasteiger partial charge in [0.1, 0.15) is 11.4 Å². The predicted molar refractivity (Wildman–Crippen MR) is 76.9 cm³/mol. The van der Waals surface area contributed by atoms with E-state index >= 15 is 0 Å². The lowest BCUT2D eigenvalue weighted by atomic mass is 10.2. The number of carbonyl (C=O) groups is 1.